The van der Waals surface area contributed by atoms with Crippen LogP contribution in [0.2, 0.25) is 0 Å². The summed E-state index contributed by atoms with van der Waals surface area (Å²) in [6.45, 7) is 0.303. The smallest absolute Gasteiger partial charge is 0.338 e. The number of rotatable bonds is 6. The van der Waals surface area contributed by atoms with Gasteiger partial charge in [-0.3, -0.25) is 4.68 Å². The summed E-state index contributed by atoms with van der Waals surface area (Å²) in [7, 11) is 1.48. The molecule has 0 saturated heterocycles. The molecule has 3 aromatic rings. The van der Waals surface area contributed by atoms with E-state index in [0.717, 1.165) is 36.6 Å². The van der Waals surface area contributed by atoms with Crippen molar-refractivity contribution in [3.8, 4) is 5.75 Å². The van der Waals surface area contributed by atoms with Crippen molar-refractivity contribution >= 4 is 28.7 Å². The third-order valence-electron chi connectivity index (χ3n) is 5.45. The third kappa shape index (κ3) is 3.80. The molecule has 1 aromatic heterocycles. The van der Waals surface area contributed by atoms with E-state index in [1.165, 1.54) is 19.2 Å². The van der Waals surface area contributed by atoms with E-state index < -0.39 is 5.97 Å². The highest BCUT2D eigenvalue weighted by Crippen LogP contribution is 2.27. The van der Waals surface area contributed by atoms with Crippen molar-refractivity contribution in [2.45, 2.75) is 38.3 Å². The van der Waals surface area contributed by atoms with E-state index in [4.69, 9.17) is 15.2 Å². The van der Waals surface area contributed by atoms with Crippen molar-refractivity contribution in [3.63, 3.8) is 0 Å². The number of nitrogens with two attached hydrogens (primary N) is 1. The van der Waals surface area contributed by atoms with Gasteiger partial charge in [-0.25, -0.2) is 9.59 Å². The Hall–Kier alpha value is -3.55. The summed E-state index contributed by atoms with van der Waals surface area (Å²) >= 11 is 0. The molecule has 1 heterocycles. The van der Waals surface area contributed by atoms with Crippen LogP contribution in [0.15, 0.2) is 36.4 Å². The van der Waals surface area contributed by atoms with Crippen LogP contribution in [-0.4, -0.2) is 40.0 Å². The number of aromatic nitrogens is 2. The number of carboxylic acids is 1. The van der Waals surface area contributed by atoms with Crippen molar-refractivity contribution < 1.29 is 24.2 Å². The fourth-order valence-electron chi connectivity index (χ4n) is 3.84. The monoisotopic (exact) mass is 409 g/mol. The van der Waals surface area contributed by atoms with Gasteiger partial charge in [0.05, 0.1) is 30.3 Å². The van der Waals surface area contributed by atoms with Crippen LogP contribution in [-0.2, 0) is 11.3 Å². The van der Waals surface area contributed by atoms with Crippen molar-refractivity contribution in [3.05, 3.63) is 53.1 Å². The highest BCUT2D eigenvalue weighted by Gasteiger charge is 2.21. The standard InChI is InChI=1S/C22H23N3O5/c1-29-19-11-13(21(26)27)6-7-15(19)12-25-18-10-14(8-9-17(18)20(23)24-25)22(28)30-16-4-2-3-5-16/h6-11,16H,2-5,12H2,1H3,(H2,23,24)(H,26,27). The molecule has 1 saturated carbocycles. The zero-order valence-corrected chi connectivity index (χ0v) is 16.6. The summed E-state index contributed by atoms with van der Waals surface area (Å²) in [5.74, 6) is -0.590. The molecule has 0 atom stereocenters. The van der Waals surface area contributed by atoms with Gasteiger partial charge in [0.1, 0.15) is 11.9 Å². The van der Waals surface area contributed by atoms with E-state index in [0.29, 0.717) is 29.2 Å². The lowest BCUT2D eigenvalue weighted by Crippen LogP contribution is -2.14. The molecule has 156 valence electrons. The van der Waals surface area contributed by atoms with Crippen LogP contribution in [0.5, 0.6) is 5.75 Å². The number of nitrogen functional groups attached to an aromatic ring is 1. The Morgan fingerprint density at radius 1 is 1.17 bits per heavy atom. The number of aromatic carboxylic acids is 1. The summed E-state index contributed by atoms with van der Waals surface area (Å²) in [5, 5.41) is 14.3. The van der Waals surface area contributed by atoms with Crippen molar-refractivity contribution in [2.75, 3.05) is 12.8 Å². The van der Waals surface area contributed by atoms with Gasteiger partial charge in [-0.1, -0.05) is 6.07 Å². The molecule has 0 amide bonds. The second-order valence-corrected chi connectivity index (χ2v) is 7.42. The molecule has 1 aliphatic rings. The maximum atomic E-state index is 12.6. The SMILES string of the molecule is COc1cc(C(=O)O)ccc1Cn1nc(N)c2ccc(C(=O)OC3CCCC3)cc21. The van der Waals surface area contributed by atoms with E-state index in [-0.39, 0.29) is 17.6 Å². The zero-order valence-electron chi connectivity index (χ0n) is 16.6. The van der Waals surface area contributed by atoms with Crippen molar-refractivity contribution in [1.29, 1.82) is 0 Å². The number of hydrogen-bond acceptors (Lipinski definition) is 6. The minimum Gasteiger partial charge on any atom is -0.496 e. The van der Waals surface area contributed by atoms with Gasteiger partial charge in [0.15, 0.2) is 5.82 Å². The number of hydrogen-bond donors (Lipinski definition) is 2. The van der Waals surface area contributed by atoms with Crippen LogP contribution in [0.4, 0.5) is 5.82 Å². The molecule has 0 radical (unpaired) electrons. The maximum Gasteiger partial charge on any atom is 0.338 e. The Labute approximate surface area is 173 Å². The first-order valence-corrected chi connectivity index (χ1v) is 9.83. The summed E-state index contributed by atoms with van der Waals surface area (Å²) in [6, 6.07) is 9.86. The fourth-order valence-corrected chi connectivity index (χ4v) is 3.84. The zero-order chi connectivity index (χ0) is 21.3. The molecular weight excluding hydrogens is 386 g/mol. The molecule has 0 bridgehead atoms. The lowest BCUT2D eigenvalue weighted by molar-refractivity contribution is 0.0317. The highest BCUT2D eigenvalue weighted by molar-refractivity contribution is 5.97. The Balaban J connectivity index is 1.66. The minimum atomic E-state index is -1.03. The number of anilines is 1. The Kier molecular flexibility index (Phi) is 5.31. The van der Waals surface area contributed by atoms with E-state index >= 15 is 0 Å². The number of methoxy groups -OCH3 is 1. The lowest BCUT2D eigenvalue weighted by atomic mass is 10.1. The molecule has 2 aromatic carbocycles. The van der Waals surface area contributed by atoms with Gasteiger partial charge >= 0.3 is 11.9 Å². The number of esters is 1. The number of carbonyl (C=O) groups excluding carboxylic acids is 1. The number of carbonyl (C=O) groups is 2. The summed E-state index contributed by atoms with van der Waals surface area (Å²) < 4.78 is 12.6. The molecule has 8 heteroatoms. The first-order chi connectivity index (χ1) is 14.5. The van der Waals surface area contributed by atoms with Crippen LogP contribution in [0.3, 0.4) is 0 Å². The van der Waals surface area contributed by atoms with Crippen LogP contribution >= 0.6 is 0 Å². The predicted molar refractivity (Wildman–Crippen MR) is 111 cm³/mol. The first-order valence-electron chi connectivity index (χ1n) is 9.83. The van der Waals surface area contributed by atoms with Crippen molar-refractivity contribution in [2.24, 2.45) is 0 Å². The van der Waals surface area contributed by atoms with Gasteiger partial charge in [0, 0.05) is 10.9 Å². The molecule has 0 aliphatic heterocycles. The minimum absolute atomic E-state index is 0.0137. The van der Waals surface area contributed by atoms with E-state index in [1.807, 2.05) is 0 Å². The first kappa shape index (κ1) is 19.8. The lowest BCUT2D eigenvalue weighted by Gasteiger charge is -2.12. The Bertz CT molecular complexity index is 1120. The maximum absolute atomic E-state index is 12.6. The average molecular weight is 409 g/mol. The largest absolute Gasteiger partial charge is 0.496 e. The van der Waals surface area contributed by atoms with E-state index in [1.54, 1.807) is 28.9 Å². The number of nitrogens with zero attached hydrogens (tertiary/aromatic N) is 2. The summed E-state index contributed by atoms with van der Waals surface area (Å²) in [5.41, 5.74) is 8.08. The quantitative estimate of drug-likeness (QED) is 0.599. The number of fused-ring (bicyclic) bond motifs is 1. The summed E-state index contributed by atoms with van der Waals surface area (Å²) in [6.07, 6.45) is 3.97. The van der Waals surface area contributed by atoms with Gasteiger partial charge in [-0.2, -0.15) is 5.10 Å². The topological polar surface area (TPSA) is 117 Å². The van der Waals surface area contributed by atoms with Crippen LogP contribution in [0.1, 0.15) is 52.0 Å². The molecule has 1 aliphatic carbocycles. The highest BCUT2D eigenvalue weighted by atomic mass is 16.5. The van der Waals surface area contributed by atoms with E-state index in [9.17, 15) is 14.7 Å². The molecule has 30 heavy (non-hydrogen) atoms. The van der Waals surface area contributed by atoms with Gasteiger partial charge in [0.2, 0.25) is 0 Å². The van der Waals surface area contributed by atoms with Gasteiger partial charge in [0.25, 0.3) is 0 Å². The third-order valence-corrected chi connectivity index (χ3v) is 5.45. The second-order valence-electron chi connectivity index (χ2n) is 7.42. The molecule has 3 N–H and O–H groups in total. The van der Waals surface area contributed by atoms with Crippen LogP contribution in [0, 0.1) is 0 Å². The van der Waals surface area contributed by atoms with E-state index in [2.05, 4.69) is 5.10 Å². The number of ether oxygens (including phenoxy) is 2. The molecule has 8 nitrogen and oxygen atoms in total. The van der Waals surface area contributed by atoms with Gasteiger partial charge in [-0.05, 0) is 56.0 Å². The summed E-state index contributed by atoms with van der Waals surface area (Å²) in [4.78, 5) is 23.8. The Morgan fingerprint density at radius 2 is 1.90 bits per heavy atom. The average Bonchev–Trinajstić information content (AvgIpc) is 3.36. The molecule has 0 spiro atoms. The molecule has 4 rings (SSSR count). The normalized spacial score (nSPS) is 14.2. The molecular formula is C22H23N3O5. The van der Waals surface area contributed by atoms with Crippen LogP contribution < -0.4 is 10.5 Å². The van der Waals surface area contributed by atoms with Crippen LogP contribution in [0.25, 0.3) is 10.9 Å². The van der Waals surface area contributed by atoms with Gasteiger partial charge in [-0.15, -0.1) is 0 Å². The number of benzene rings is 2. The molecule has 0 unspecified atom stereocenters. The van der Waals surface area contributed by atoms with Crippen molar-refractivity contribution in [1.82, 2.24) is 9.78 Å². The predicted octanol–water partition coefficient (Wildman–Crippen LogP) is 3.47. The number of carboxylic acid groups (broad SMARTS) is 1. The molecule has 1 fully saturated rings. The fraction of sp³-hybridized carbons (Fsp3) is 0.318. The second kappa shape index (κ2) is 8.06. The van der Waals surface area contributed by atoms with Gasteiger partial charge < -0.3 is 20.3 Å². The Morgan fingerprint density at radius 3 is 2.60 bits per heavy atom.